The highest BCUT2D eigenvalue weighted by Gasteiger charge is 2.12. The molecule has 0 aromatic heterocycles. The van der Waals surface area contributed by atoms with Crippen LogP contribution >= 0.6 is 47.8 Å². The number of ether oxygens (including phenoxy) is 2. The van der Waals surface area contributed by atoms with Gasteiger partial charge < -0.3 is 14.6 Å². The van der Waals surface area contributed by atoms with Crippen molar-refractivity contribution in [3.63, 3.8) is 0 Å². The third kappa shape index (κ3) is 5.72. The summed E-state index contributed by atoms with van der Waals surface area (Å²) >= 11 is 10.00. The van der Waals surface area contributed by atoms with Crippen molar-refractivity contribution >= 4 is 59.9 Å². The number of hydrazone groups is 1. The molecule has 0 atom stereocenters. The van der Waals surface area contributed by atoms with Crippen molar-refractivity contribution in [3.8, 4) is 17.2 Å². The van der Waals surface area contributed by atoms with Crippen LogP contribution < -0.4 is 14.9 Å². The van der Waals surface area contributed by atoms with E-state index in [1.807, 2.05) is 0 Å². The van der Waals surface area contributed by atoms with Crippen LogP contribution in [0.3, 0.4) is 0 Å². The Morgan fingerprint density at radius 1 is 1.24 bits per heavy atom. The van der Waals surface area contributed by atoms with Gasteiger partial charge in [0.15, 0.2) is 18.1 Å². The number of nitrogens with one attached hydrogen (secondary N) is 1. The number of carbonyl (C=O) groups excluding carboxylic acids is 1. The van der Waals surface area contributed by atoms with Gasteiger partial charge in [-0.15, -0.1) is 0 Å². The fourth-order valence-electron chi connectivity index (χ4n) is 1.80. The normalized spacial score (nSPS) is 10.7. The first kappa shape index (κ1) is 19.7. The number of aromatic hydroxyl groups is 1. The van der Waals surface area contributed by atoms with Gasteiger partial charge >= 0.3 is 0 Å². The number of phenolic OH excluding ortho intramolecular Hbond substituents is 1. The number of hydrogen-bond donors (Lipinski definition) is 2. The van der Waals surface area contributed by atoms with Crippen LogP contribution in [-0.4, -0.2) is 30.9 Å². The maximum atomic E-state index is 11.8. The number of phenols is 1. The van der Waals surface area contributed by atoms with Gasteiger partial charge in [0.05, 0.1) is 17.8 Å². The largest absolute Gasteiger partial charge is 0.507 e. The van der Waals surface area contributed by atoms with Crippen LogP contribution in [0.25, 0.3) is 0 Å². The molecule has 0 bridgehead atoms. The van der Waals surface area contributed by atoms with Crippen LogP contribution in [-0.2, 0) is 4.79 Å². The molecule has 0 aliphatic heterocycles. The zero-order valence-electron chi connectivity index (χ0n) is 12.9. The summed E-state index contributed by atoms with van der Waals surface area (Å²) in [6, 6.07) is 8.40. The maximum Gasteiger partial charge on any atom is 0.277 e. The Bertz CT molecular complexity index is 812. The molecule has 2 N–H and O–H groups in total. The summed E-state index contributed by atoms with van der Waals surface area (Å²) in [5.74, 6) is 0.495. The predicted molar refractivity (Wildman–Crippen MR) is 105 cm³/mol. The predicted octanol–water partition coefficient (Wildman–Crippen LogP) is 4.22. The van der Waals surface area contributed by atoms with Crippen LogP contribution in [0.5, 0.6) is 17.2 Å². The van der Waals surface area contributed by atoms with Gasteiger partial charge in [0, 0.05) is 14.5 Å². The highest BCUT2D eigenvalue weighted by Crippen LogP contribution is 2.38. The number of nitrogens with zero attached hydrogens (tertiary/aromatic N) is 1. The van der Waals surface area contributed by atoms with Gasteiger partial charge in [-0.2, -0.15) is 5.10 Å². The Labute approximate surface area is 169 Å². The monoisotopic (exact) mass is 534 g/mol. The molecular formula is C16H13Br3N2O4. The third-order valence-corrected chi connectivity index (χ3v) is 4.46. The molecule has 9 heteroatoms. The van der Waals surface area contributed by atoms with E-state index in [1.165, 1.54) is 19.4 Å². The quantitative estimate of drug-likeness (QED) is 0.428. The van der Waals surface area contributed by atoms with Crippen molar-refractivity contribution < 1.29 is 19.4 Å². The molecule has 1 amide bonds. The minimum absolute atomic E-state index is 0.0565. The lowest BCUT2D eigenvalue weighted by molar-refractivity contribution is -0.123. The Balaban J connectivity index is 1.95. The van der Waals surface area contributed by atoms with E-state index in [9.17, 15) is 9.90 Å². The van der Waals surface area contributed by atoms with Crippen LogP contribution in [0.1, 0.15) is 5.56 Å². The van der Waals surface area contributed by atoms with Crippen molar-refractivity contribution in [1.82, 2.24) is 5.43 Å². The Kier molecular flexibility index (Phi) is 7.27. The van der Waals surface area contributed by atoms with Crippen molar-refractivity contribution in [3.05, 3.63) is 49.3 Å². The number of amides is 1. The Hall–Kier alpha value is -1.58. The zero-order valence-corrected chi connectivity index (χ0v) is 17.7. The Morgan fingerprint density at radius 3 is 2.72 bits per heavy atom. The van der Waals surface area contributed by atoms with Crippen molar-refractivity contribution in [1.29, 1.82) is 0 Å². The lowest BCUT2D eigenvalue weighted by Gasteiger charge is -2.12. The van der Waals surface area contributed by atoms with Gasteiger partial charge in [-0.25, -0.2) is 5.43 Å². The van der Waals surface area contributed by atoms with Crippen molar-refractivity contribution in [2.24, 2.45) is 5.10 Å². The number of methoxy groups -OCH3 is 1. The topological polar surface area (TPSA) is 80.2 Å². The van der Waals surface area contributed by atoms with E-state index < -0.39 is 5.91 Å². The number of carbonyl (C=O) groups is 1. The van der Waals surface area contributed by atoms with Crippen LogP contribution in [0, 0.1) is 0 Å². The standard InChI is InChI=1S/C16H13Br3N2O4/c1-24-14-6-11(18)5-12(19)16(14)25-8-15(23)21-20-7-9-4-10(17)2-3-13(9)22/h2-7,22H,8H2,1H3,(H,21,23). The SMILES string of the molecule is COc1cc(Br)cc(Br)c1OCC(=O)NN=Cc1cc(Br)ccc1O. The molecule has 2 aromatic carbocycles. The lowest BCUT2D eigenvalue weighted by atomic mass is 10.2. The van der Waals surface area contributed by atoms with E-state index in [4.69, 9.17) is 9.47 Å². The second-order valence-electron chi connectivity index (χ2n) is 4.70. The smallest absolute Gasteiger partial charge is 0.277 e. The molecule has 0 aliphatic carbocycles. The first-order chi connectivity index (χ1) is 11.9. The fourth-order valence-corrected chi connectivity index (χ4v) is 3.48. The van der Waals surface area contributed by atoms with Gasteiger partial charge in [0.1, 0.15) is 5.75 Å². The second-order valence-corrected chi connectivity index (χ2v) is 7.39. The molecule has 6 nitrogen and oxygen atoms in total. The van der Waals surface area contributed by atoms with E-state index in [0.717, 1.165) is 8.95 Å². The third-order valence-electron chi connectivity index (χ3n) is 2.92. The molecule has 0 radical (unpaired) electrons. The van der Waals surface area contributed by atoms with Gasteiger partial charge in [0.2, 0.25) is 0 Å². The second kappa shape index (κ2) is 9.21. The molecule has 132 valence electrons. The molecule has 25 heavy (non-hydrogen) atoms. The van der Waals surface area contributed by atoms with Gasteiger partial charge in [0.25, 0.3) is 5.91 Å². The van der Waals surface area contributed by atoms with Gasteiger partial charge in [-0.3, -0.25) is 4.79 Å². The average Bonchev–Trinajstić information content (AvgIpc) is 2.56. The molecular weight excluding hydrogens is 524 g/mol. The van der Waals surface area contributed by atoms with E-state index in [0.29, 0.717) is 21.5 Å². The summed E-state index contributed by atoms with van der Waals surface area (Å²) in [6.45, 7) is -0.252. The molecule has 0 spiro atoms. The van der Waals surface area contributed by atoms with Crippen LogP contribution in [0.2, 0.25) is 0 Å². The summed E-state index contributed by atoms with van der Waals surface area (Å²) in [5, 5.41) is 13.5. The van der Waals surface area contributed by atoms with Crippen LogP contribution in [0.4, 0.5) is 0 Å². The van der Waals surface area contributed by atoms with E-state index in [-0.39, 0.29) is 12.4 Å². The average molecular weight is 537 g/mol. The van der Waals surface area contributed by atoms with Gasteiger partial charge in [-0.05, 0) is 46.3 Å². The molecule has 0 unspecified atom stereocenters. The lowest BCUT2D eigenvalue weighted by Crippen LogP contribution is -2.24. The van der Waals surface area contributed by atoms with Crippen molar-refractivity contribution in [2.45, 2.75) is 0 Å². The van der Waals surface area contributed by atoms with E-state index >= 15 is 0 Å². The minimum atomic E-state index is -0.456. The molecule has 0 aliphatic rings. The first-order valence-electron chi connectivity index (χ1n) is 6.87. The first-order valence-corrected chi connectivity index (χ1v) is 9.25. The summed E-state index contributed by atoms with van der Waals surface area (Å²) in [4.78, 5) is 11.8. The van der Waals surface area contributed by atoms with Crippen LogP contribution in [0.15, 0.2) is 48.9 Å². The minimum Gasteiger partial charge on any atom is -0.507 e. The van der Waals surface area contributed by atoms with Crippen molar-refractivity contribution in [2.75, 3.05) is 13.7 Å². The molecule has 2 aromatic rings. The Morgan fingerprint density at radius 2 is 2.00 bits per heavy atom. The van der Waals surface area contributed by atoms with E-state index in [2.05, 4.69) is 58.3 Å². The highest BCUT2D eigenvalue weighted by atomic mass is 79.9. The summed E-state index contributed by atoms with van der Waals surface area (Å²) in [6.07, 6.45) is 1.34. The maximum absolute atomic E-state index is 11.8. The van der Waals surface area contributed by atoms with E-state index in [1.54, 1.807) is 24.3 Å². The zero-order chi connectivity index (χ0) is 18.4. The number of rotatable bonds is 6. The molecule has 0 saturated heterocycles. The van der Waals surface area contributed by atoms with Gasteiger partial charge in [-0.1, -0.05) is 31.9 Å². The highest BCUT2D eigenvalue weighted by molar-refractivity contribution is 9.11. The molecule has 2 rings (SSSR count). The molecule has 0 fully saturated rings. The fraction of sp³-hybridized carbons (Fsp3) is 0.125. The summed E-state index contributed by atoms with van der Waals surface area (Å²) in [5.41, 5.74) is 2.80. The summed E-state index contributed by atoms with van der Waals surface area (Å²) in [7, 11) is 1.51. The molecule has 0 saturated carbocycles. The molecule has 0 heterocycles. The number of halogens is 3. The number of hydrogen-bond acceptors (Lipinski definition) is 5. The number of benzene rings is 2. The summed E-state index contributed by atoms with van der Waals surface area (Å²) < 4.78 is 13.0.